The van der Waals surface area contributed by atoms with Gasteiger partial charge in [-0.05, 0) is 62.5 Å². The third-order valence-corrected chi connectivity index (χ3v) is 3.90. The van der Waals surface area contributed by atoms with Crippen LogP contribution in [-0.2, 0) is 19.1 Å². The van der Waals surface area contributed by atoms with Crippen molar-refractivity contribution in [3.05, 3.63) is 23.3 Å². The van der Waals surface area contributed by atoms with Gasteiger partial charge in [0, 0.05) is 0 Å². The van der Waals surface area contributed by atoms with Gasteiger partial charge in [0.2, 0.25) is 0 Å². The molecule has 0 aromatic rings. The van der Waals surface area contributed by atoms with Gasteiger partial charge in [0.1, 0.15) is 19.6 Å². The maximum Gasteiger partial charge on any atom is 0.317 e. The summed E-state index contributed by atoms with van der Waals surface area (Å²) in [7, 11) is 0. The van der Waals surface area contributed by atoms with E-state index in [9.17, 15) is 9.59 Å². The van der Waals surface area contributed by atoms with E-state index < -0.39 is 11.9 Å². The standard InChI is InChI=1S/C17H24O4/c18-16(20-12-14-7-3-1-4-8-14)11-17(19)21-13-15-9-5-2-6-10-15/h7,9H,1-6,8,10-13H2. The van der Waals surface area contributed by atoms with Crippen molar-refractivity contribution in [2.24, 2.45) is 0 Å². The van der Waals surface area contributed by atoms with Crippen molar-refractivity contribution >= 4 is 11.9 Å². The Morgan fingerprint density at radius 1 is 0.810 bits per heavy atom. The lowest BCUT2D eigenvalue weighted by Crippen LogP contribution is -2.16. The summed E-state index contributed by atoms with van der Waals surface area (Å²) in [5.41, 5.74) is 2.32. The molecule has 0 unspecified atom stereocenters. The third-order valence-electron chi connectivity index (χ3n) is 3.90. The molecule has 0 radical (unpaired) electrons. The van der Waals surface area contributed by atoms with Gasteiger partial charge in [-0.2, -0.15) is 0 Å². The minimum absolute atomic E-state index is 0.291. The summed E-state index contributed by atoms with van der Waals surface area (Å²) in [5.74, 6) is -0.992. The van der Waals surface area contributed by atoms with Gasteiger partial charge in [0.15, 0.2) is 0 Å². The fourth-order valence-corrected chi connectivity index (χ4v) is 2.64. The maximum atomic E-state index is 11.6. The SMILES string of the molecule is O=C(CC(=O)OCC1=CCCCC1)OCC1=CCCCC1. The minimum atomic E-state index is -0.496. The zero-order valence-electron chi connectivity index (χ0n) is 12.6. The highest BCUT2D eigenvalue weighted by Crippen LogP contribution is 2.18. The lowest BCUT2D eigenvalue weighted by atomic mass is 10.0. The fourth-order valence-electron chi connectivity index (χ4n) is 2.64. The van der Waals surface area contributed by atoms with E-state index >= 15 is 0 Å². The summed E-state index contributed by atoms with van der Waals surface area (Å²) in [4.78, 5) is 23.2. The first kappa shape index (κ1) is 15.8. The molecular weight excluding hydrogens is 268 g/mol. The van der Waals surface area contributed by atoms with Gasteiger partial charge in [-0.3, -0.25) is 9.59 Å². The van der Waals surface area contributed by atoms with Gasteiger partial charge >= 0.3 is 11.9 Å². The highest BCUT2D eigenvalue weighted by Gasteiger charge is 2.14. The van der Waals surface area contributed by atoms with Crippen LogP contribution in [-0.4, -0.2) is 25.2 Å². The second-order valence-electron chi connectivity index (χ2n) is 5.71. The number of carbonyl (C=O) groups is 2. The smallest absolute Gasteiger partial charge is 0.317 e. The van der Waals surface area contributed by atoms with Gasteiger partial charge in [-0.1, -0.05) is 12.2 Å². The molecule has 4 nitrogen and oxygen atoms in total. The van der Waals surface area contributed by atoms with Crippen molar-refractivity contribution < 1.29 is 19.1 Å². The Morgan fingerprint density at radius 2 is 1.29 bits per heavy atom. The number of carbonyl (C=O) groups excluding carboxylic acids is 2. The Balaban J connectivity index is 1.61. The predicted molar refractivity (Wildman–Crippen MR) is 79.6 cm³/mol. The zero-order chi connectivity index (χ0) is 14.9. The van der Waals surface area contributed by atoms with Gasteiger partial charge < -0.3 is 9.47 Å². The number of allylic oxidation sites excluding steroid dienone is 2. The van der Waals surface area contributed by atoms with Gasteiger partial charge in [-0.25, -0.2) is 0 Å². The van der Waals surface area contributed by atoms with Crippen LogP contribution in [0.5, 0.6) is 0 Å². The van der Waals surface area contributed by atoms with Crippen LogP contribution in [0.1, 0.15) is 57.8 Å². The Bertz CT molecular complexity index is 394. The molecule has 0 aromatic carbocycles. The van der Waals surface area contributed by atoms with Crippen LogP contribution in [0.4, 0.5) is 0 Å². The molecule has 0 atom stereocenters. The van der Waals surface area contributed by atoms with Crippen LogP contribution in [0.3, 0.4) is 0 Å². The van der Waals surface area contributed by atoms with E-state index in [0.717, 1.165) is 49.7 Å². The largest absolute Gasteiger partial charge is 0.461 e. The van der Waals surface area contributed by atoms with Crippen LogP contribution in [0.25, 0.3) is 0 Å². The molecular formula is C17H24O4. The zero-order valence-corrected chi connectivity index (χ0v) is 12.6. The van der Waals surface area contributed by atoms with Gasteiger partial charge in [0.25, 0.3) is 0 Å². The summed E-state index contributed by atoms with van der Waals surface area (Å²) < 4.78 is 10.2. The number of hydrogen-bond donors (Lipinski definition) is 0. The minimum Gasteiger partial charge on any atom is -0.461 e. The fraction of sp³-hybridized carbons (Fsp3) is 0.647. The molecule has 0 aliphatic heterocycles. The molecule has 0 saturated heterocycles. The molecule has 0 saturated carbocycles. The Kier molecular flexibility index (Phi) is 6.51. The quantitative estimate of drug-likeness (QED) is 0.427. The van der Waals surface area contributed by atoms with Crippen molar-refractivity contribution in [3.63, 3.8) is 0 Å². The van der Waals surface area contributed by atoms with Crippen molar-refractivity contribution in [2.45, 2.75) is 57.8 Å². The third kappa shape index (κ3) is 6.15. The normalized spacial score (nSPS) is 18.5. The van der Waals surface area contributed by atoms with E-state index in [1.54, 1.807) is 0 Å². The van der Waals surface area contributed by atoms with Crippen LogP contribution < -0.4 is 0 Å². The molecule has 0 amide bonds. The molecule has 2 aliphatic carbocycles. The van der Waals surface area contributed by atoms with E-state index in [-0.39, 0.29) is 6.42 Å². The van der Waals surface area contributed by atoms with Gasteiger partial charge in [0.05, 0.1) is 0 Å². The molecule has 0 fully saturated rings. The molecule has 116 valence electrons. The Labute approximate surface area is 126 Å². The highest BCUT2D eigenvalue weighted by atomic mass is 16.6. The lowest BCUT2D eigenvalue weighted by molar-refractivity contribution is -0.153. The van der Waals surface area contributed by atoms with Crippen LogP contribution in [0.2, 0.25) is 0 Å². The molecule has 2 aliphatic rings. The van der Waals surface area contributed by atoms with Gasteiger partial charge in [-0.15, -0.1) is 0 Å². The van der Waals surface area contributed by atoms with Crippen LogP contribution in [0, 0.1) is 0 Å². The first-order valence-electron chi connectivity index (χ1n) is 7.91. The molecule has 0 aromatic heterocycles. The summed E-state index contributed by atoms with van der Waals surface area (Å²) in [6.07, 6.45) is 12.8. The molecule has 0 heterocycles. The number of ether oxygens (including phenoxy) is 2. The summed E-state index contributed by atoms with van der Waals surface area (Å²) in [6, 6.07) is 0. The number of esters is 2. The summed E-state index contributed by atoms with van der Waals surface area (Å²) in [5, 5.41) is 0. The van der Waals surface area contributed by atoms with Crippen molar-refractivity contribution in [2.75, 3.05) is 13.2 Å². The van der Waals surface area contributed by atoms with Crippen molar-refractivity contribution in [3.8, 4) is 0 Å². The van der Waals surface area contributed by atoms with Crippen LogP contribution in [0.15, 0.2) is 23.3 Å². The second kappa shape index (κ2) is 8.65. The molecule has 0 N–H and O–H groups in total. The van der Waals surface area contributed by atoms with E-state index in [0.29, 0.717) is 13.2 Å². The monoisotopic (exact) mass is 292 g/mol. The van der Waals surface area contributed by atoms with Crippen LogP contribution >= 0.6 is 0 Å². The average molecular weight is 292 g/mol. The highest BCUT2D eigenvalue weighted by molar-refractivity contribution is 5.91. The predicted octanol–water partition coefficient (Wildman–Crippen LogP) is 3.46. The molecule has 4 heteroatoms. The number of rotatable bonds is 6. The Hall–Kier alpha value is -1.58. The number of hydrogen-bond acceptors (Lipinski definition) is 4. The first-order chi connectivity index (χ1) is 10.2. The van der Waals surface area contributed by atoms with E-state index in [1.807, 2.05) is 0 Å². The first-order valence-corrected chi connectivity index (χ1v) is 7.91. The average Bonchev–Trinajstić information content (AvgIpc) is 2.53. The molecule has 0 bridgehead atoms. The maximum absolute atomic E-state index is 11.6. The lowest BCUT2D eigenvalue weighted by Gasteiger charge is -2.14. The van der Waals surface area contributed by atoms with Crippen molar-refractivity contribution in [1.29, 1.82) is 0 Å². The molecule has 2 rings (SSSR count). The Morgan fingerprint density at radius 3 is 1.67 bits per heavy atom. The molecule has 0 spiro atoms. The van der Waals surface area contributed by atoms with E-state index in [2.05, 4.69) is 12.2 Å². The topological polar surface area (TPSA) is 52.6 Å². The molecule has 21 heavy (non-hydrogen) atoms. The second-order valence-corrected chi connectivity index (χ2v) is 5.71. The summed E-state index contributed by atoms with van der Waals surface area (Å²) >= 11 is 0. The van der Waals surface area contributed by atoms with Crippen molar-refractivity contribution in [1.82, 2.24) is 0 Å². The van der Waals surface area contributed by atoms with E-state index in [1.165, 1.54) is 12.8 Å². The van der Waals surface area contributed by atoms with E-state index in [4.69, 9.17) is 9.47 Å². The summed E-state index contributed by atoms with van der Waals surface area (Å²) in [6.45, 7) is 0.633.